The van der Waals surface area contributed by atoms with E-state index < -0.39 is 69.4 Å². The fourth-order valence-corrected chi connectivity index (χ4v) is 6.37. The third-order valence-electron chi connectivity index (χ3n) is 7.33. The number of hydrogen-bond donors (Lipinski definition) is 4. The number of nitrogens with one attached hydrogen (secondary N) is 4. The summed E-state index contributed by atoms with van der Waals surface area (Å²) in [5.41, 5.74) is -1.35. The van der Waals surface area contributed by atoms with Crippen LogP contribution in [0.2, 0.25) is 0 Å². The number of carbonyl (C=O) groups is 5. The van der Waals surface area contributed by atoms with Gasteiger partial charge in [0.15, 0.2) is 0 Å². The van der Waals surface area contributed by atoms with Gasteiger partial charge in [0.1, 0.15) is 12.1 Å². The highest BCUT2D eigenvalue weighted by atomic mass is 32.2. The van der Waals surface area contributed by atoms with Gasteiger partial charge in [-0.25, -0.2) is 4.79 Å². The quantitative estimate of drug-likeness (QED) is 0.113. The van der Waals surface area contributed by atoms with E-state index in [0.29, 0.717) is 44.4 Å². The second-order valence-electron chi connectivity index (χ2n) is 13.3. The molecule has 4 N–H and O–H groups in total. The summed E-state index contributed by atoms with van der Waals surface area (Å²) in [6, 6.07) is -3.32. The molecule has 0 spiro atoms. The van der Waals surface area contributed by atoms with E-state index in [1.165, 1.54) is 23.8 Å². The molecular formula is C37H73N5O6S. The predicted molar refractivity (Wildman–Crippen MR) is 205 cm³/mol. The molecule has 49 heavy (non-hydrogen) atoms. The first-order chi connectivity index (χ1) is 23.0. The average molecular weight is 716 g/mol. The first kappa shape index (κ1) is 50.6. The number of ketones is 1. The van der Waals surface area contributed by atoms with Crippen LogP contribution in [0.15, 0.2) is 12.7 Å². The molecule has 0 radical (unpaired) electrons. The van der Waals surface area contributed by atoms with Gasteiger partial charge in [0.05, 0.1) is 11.6 Å². The van der Waals surface area contributed by atoms with Crippen LogP contribution in [0.1, 0.15) is 141 Å². The van der Waals surface area contributed by atoms with Gasteiger partial charge in [0.2, 0.25) is 17.6 Å². The zero-order valence-electron chi connectivity index (χ0n) is 33.3. The molecule has 0 aromatic carbocycles. The molecule has 5 amide bonds. The Labute approximate surface area is 301 Å². The molecule has 0 saturated carbocycles. The number of likely N-dealkylation sites (tertiary alicyclic amines) is 1. The number of urea groups is 1. The van der Waals surface area contributed by atoms with Gasteiger partial charge < -0.3 is 26.2 Å². The van der Waals surface area contributed by atoms with Gasteiger partial charge in [0, 0.05) is 35.9 Å². The first-order valence-electron chi connectivity index (χ1n) is 18.4. The SMILES string of the molecule is C=CCNC(=O)C(=O)C(CCC)NC(=O)C1CCCN1C(=O)C(NC(=O)NC(CC)(CCC)CS(C)=O)C(C)(C)C.CC.CCC.CCC. The van der Waals surface area contributed by atoms with E-state index in [9.17, 15) is 28.2 Å². The Hall–Kier alpha value is -2.76. The molecule has 1 saturated heterocycles. The van der Waals surface area contributed by atoms with Gasteiger partial charge in [-0.1, -0.05) is 115 Å². The van der Waals surface area contributed by atoms with E-state index >= 15 is 0 Å². The molecular weight excluding hydrogens is 643 g/mol. The highest BCUT2D eigenvalue weighted by Crippen LogP contribution is 2.27. The van der Waals surface area contributed by atoms with Gasteiger partial charge in [-0.15, -0.1) is 6.58 Å². The number of rotatable bonds is 16. The molecule has 11 nitrogen and oxygen atoms in total. The molecule has 5 unspecified atom stereocenters. The summed E-state index contributed by atoms with van der Waals surface area (Å²) in [6.07, 6.45) is 9.39. The Morgan fingerprint density at radius 3 is 1.92 bits per heavy atom. The van der Waals surface area contributed by atoms with Crippen molar-refractivity contribution in [3.63, 3.8) is 0 Å². The maximum absolute atomic E-state index is 13.9. The lowest BCUT2D eigenvalue weighted by Gasteiger charge is -2.38. The molecule has 1 aliphatic rings. The molecule has 0 bridgehead atoms. The smallest absolute Gasteiger partial charge is 0.315 e. The van der Waals surface area contributed by atoms with Crippen molar-refractivity contribution >= 4 is 40.3 Å². The van der Waals surface area contributed by atoms with Crippen molar-refractivity contribution in [1.29, 1.82) is 0 Å². The van der Waals surface area contributed by atoms with E-state index in [4.69, 9.17) is 0 Å². The van der Waals surface area contributed by atoms with Gasteiger partial charge in [-0.2, -0.15) is 0 Å². The largest absolute Gasteiger partial charge is 0.346 e. The summed E-state index contributed by atoms with van der Waals surface area (Å²) in [6.45, 7) is 27.7. The molecule has 0 aromatic heterocycles. The van der Waals surface area contributed by atoms with Crippen LogP contribution >= 0.6 is 0 Å². The predicted octanol–water partition coefficient (Wildman–Crippen LogP) is 6.03. The molecule has 0 aromatic rings. The Kier molecular flexibility index (Phi) is 28.9. The van der Waals surface area contributed by atoms with Crippen LogP contribution in [0.25, 0.3) is 0 Å². The van der Waals surface area contributed by atoms with E-state index in [0.717, 1.165) is 6.42 Å². The number of nitrogens with zero attached hydrogens (tertiary/aromatic N) is 1. The summed E-state index contributed by atoms with van der Waals surface area (Å²) in [5, 5.41) is 11.0. The van der Waals surface area contributed by atoms with Crippen LogP contribution < -0.4 is 21.3 Å². The van der Waals surface area contributed by atoms with Gasteiger partial charge in [-0.05, 0) is 37.5 Å². The van der Waals surface area contributed by atoms with E-state index in [2.05, 4.69) is 55.5 Å². The summed E-state index contributed by atoms with van der Waals surface area (Å²) in [4.78, 5) is 66.8. The maximum Gasteiger partial charge on any atom is 0.315 e. The molecule has 1 fully saturated rings. The highest BCUT2D eigenvalue weighted by molar-refractivity contribution is 7.84. The molecule has 288 valence electrons. The third-order valence-corrected chi connectivity index (χ3v) is 8.29. The zero-order valence-corrected chi connectivity index (χ0v) is 34.1. The standard InChI is InChI=1S/C29H51N5O6S.2C3H8.C2H6/c1-9-14-20(22(35)25(37)30-17-11-3)31-24(36)21-15-13-18-34(21)26(38)23(28(5,6)7)32-27(39)33-29(12-4,16-10-2)19-41(8)40;2*1-3-2;1-2/h11,20-21,23H,3,9-10,12-19H2,1-2,4-8H3,(H,30,37)(H,31,36)(H2,32,33,39);2*3H2,1-2H3;1-2H3. The minimum atomic E-state index is -1.13. The van der Waals surface area contributed by atoms with Crippen LogP contribution in [0, 0.1) is 5.41 Å². The molecule has 1 rings (SSSR count). The minimum absolute atomic E-state index is 0.130. The van der Waals surface area contributed by atoms with Gasteiger partial charge in [-0.3, -0.25) is 23.4 Å². The van der Waals surface area contributed by atoms with Crippen LogP contribution in [0.4, 0.5) is 4.79 Å². The van der Waals surface area contributed by atoms with E-state index in [1.807, 2.05) is 55.4 Å². The lowest BCUT2D eigenvalue weighted by molar-refractivity contribution is -0.143. The molecule has 12 heteroatoms. The lowest BCUT2D eigenvalue weighted by atomic mass is 9.85. The molecule has 1 aliphatic heterocycles. The Bertz CT molecular complexity index is 1010. The number of Topliss-reactive ketones (excluding diaryl/α,β-unsaturated/α-hetero) is 1. The fraction of sp³-hybridized carbons (Fsp3) is 0.811. The second kappa shape index (κ2) is 28.0. The summed E-state index contributed by atoms with van der Waals surface area (Å²) in [7, 11) is -1.13. The van der Waals surface area contributed by atoms with Crippen LogP contribution in [-0.4, -0.2) is 87.4 Å². The van der Waals surface area contributed by atoms with Crippen LogP contribution in [-0.2, 0) is 30.0 Å². The van der Waals surface area contributed by atoms with E-state index in [-0.39, 0.29) is 13.0 Å². The first-order valence-corrected chi connectivity index (χ1v) is 20.1. The Balaban J connectivity index is -0.00000241. The van der Waals surface area contributed by atoms with Crippen molar-refractivity contribution in [2.24, 2.45) is 5.41 Å². The zero-order chi connectivity index (χ0) is 38.8. The molecule has 0 aliphatic carbocycles. The summed E-state index contributed by atoms with van der Waals surface area (Å²) < 4.78 is 12.1. The van der Waals surface area contributed by atoms with Crippen molar-refractivity contribution in [1.82, 2.24) is 26.2 Å². The van der Waals surface area contributed by atoms with Crippen molar-refractivity contribution in [3.05, 3.63) is 12.7 Å². The number of hydrogen-bond acceptors (Lipinski definition) is 6. The van der Waals surface area contributed by atoms with Crippen molar-refractivity contribution in [2.45, 2.75) is 165 Å². The van der Waals surface area contributed by atoms with E-state index in [1.54, 1.807) is 6.26 Å². The fourth-order valence-electron chi connectivity index (χ4n) is 5.17. The normalized spacial score (nSPS) is 16.6. The average Bonchev–Trinajstić information content (AvgIpc) is 3.53. The minimum Gasteiger partial charge on any atom is -0.346 e. The monoisotopic (exact) mass is 716 g/mol. The van der Waals surface area contributed by atoms with Crippen molar-refractivity contribution < 1.29 is 28.2 Å². The van der Waals surface area contributed by atoms with Crippen LogP contribution in [0.3, 0.4) is 0 Å². The molecule has 5 atom stereocenters. The number of amides is 5. The summed E-state index contributed by atoms with van der Waals surface area (Å²) >= 11 is 0. The van der Waals surface area contributed by atoms with Crippen LogP contribution in [0.5, 0.6) is 0 Å². The number of carbonyl (C=O) groups excluding carboxylic acids is 5. The van der Waals surface area contributed by atoms with Gasteiger partial charge >= 0.3 is 6.03 Å². The Morgan fingerprint density at radius 1 is 0.939 bits per heavy atom. The topological polar surface area (TPSA) is 154 Å². The second-order valence-corrected chi connectivity index (χ2v) is 14.8. The Morgan fingerprint density at radius 2 is 1.49 bits per heavy atom. The van der Waals surface area contributed by atoms with Gasteiger partial charge in [0.25, 0.3) is 5.91 Å². The maximum atomic E-state index is 13.9. The highest BCUT2D eigenvalue weighted by Gasteiger charge is 2.43. The molecule has 1 heterocycles. The summed E-state index contributed by atoms with van der Waals surface area (Å²) in [5.74, 6) is -2.15. The van der Waals surface area contributed by atoms with Crippen molar-refractivity contribution in [3.8, 4) is 0 Å². The third kappa shape index (κ3) is 19.9. The lowest BCUT2D eigenvalue weighted by Crippen LogP contribution is -2.62. The van der Waals surface area contributed by atoms with Crippen molar-refractivity contribution in [2.75, 3.05) is 25.1 Å².